The minimum atomic E-state index is -0.153. The Morgan fingerprint density at radius 3 is 2.91 bits per heavy atom. The van der Waals surface area contributed by atoms with Crippen LogP contribution < -0.4 is 5.32 Å². The van der Waals surface area contributed by atoms with Crippen molar-refractivity contribution in [2.75, 3.05) is 18.4 Å². The number of aromatic nitrogens is 2. The Hall–Kier alpha value is -2.40. The number of nitrogens with one attached hydrogen (secondary N) is 1. The molecule has 2 heterocycles. The number of carbonyl (C=O) groups is 1. The summed E-state index contributed by atoms with van der Waals surface area (Å²) in [6, 6.07) is 9.29. The number of anilines is 1. The minimum absolute atomic E-state index is 0.153. The molecule has 0 fully saturated rings. The van der Waals surface area contributed by atoms with Gasteiger partial charge in [0, 0.05) is 24.3 Å². The van der Waals surface area contributed by atoms with Crippen molar-refractivity contribution < 1.29 is 4.79 Å². The third kappa shape index (κ3) is 3.43. The SMILES string of the molecule is O=C(Nc1ccncn1)N1CC=C(c2cccc(Cl)c2)CC1. The number of urea groups is 1. The van der Waals surface area contributed by atoms with Crippen LogP contribution in [-0.4, -0.2) is 34.0 Å². The molecule has 0 saturated carbocycles. The summed E-state index contributed by atoms with van der Waals surface area (Å²) < 4.78 is 0. The molecule has 112 valence electrons. The zero-order valence-electron chi connectivity index (χ0n) is 11.9. The van der Waals surface area contributed by atoms with Crippen molar-refractivity contribution in [1.82, 2.24) is 14.9 Å². The molecule has 3 rings (SSSR count). The van der Waals surface area contributed by atoms with Gasteiger partial charge < -0.3 is 4.90 Å². The highest BCUT2D eigenvalue weighted by Gasteiger charge is 2.18. The lowest BCUT2D eigenvalue weighted by atomic mass is 10.00. The van der Waals surface area contributed by atoms with Crippen LogP contribution in [-0.2, 0) is 0 Å². The third-order valence-corrected chi connectivity index (χ3v) is 3.74. The maximum atomic E-state index is 12.2. The normalized spacial score (nSPS) is 14.4. The molecule has 5 nitrogen and oxygen atoms in total. The van der Waals surface area contributed by atoms with Crippen molar-refractivity contribution in [2.45, 2.75) is 6.42 Å². The van der Waals surface area contributed by atoms with E-state index in [2.05, 4.69) is 21.4 Å². The van der Waals surface area contributed by atoms with Crippen molar-refractivity contribution in [3.05, 3.63) is 59.5 Å². The summed E-state index contributed by atoms with van der Waals surface area (Å²) in [5.74, 6) is 0.504. The number of amides is 2. The van der Waals surface area contributed by atoms with Crippen LogP contribution in [0.1, 0.15) is 12.0 Å². The first-order valence-corrected chi connectivity index (χ1v) is 7.37. The van der Waals surface area contributed by atoms with Gasteiger partial charge in [-0.25, -0.2) is 14.8 Å². The maximum absolute atomic E-state index is 12.2. The van der Waals surface area contributed by atoms with E-state index in [0.717, 1.165) is 17.0 Å². The van der Waals surface area contributed by atoms with Gasteiger partial charge in [-0.2, -0.15) is 0 Å². The largest absolute Gasteiger partial charge is 0.323 e. The molecule has 0 saturated heterocycles. The number of benzene rings is 1. The number of nitrogens with zero attached hydrogens (tertiary/aromatic N) is 3. The molecule has 2 aromatic rings. The van der Waals surface area contributed by atoms with Crippen molar-refractivity contribution in [3.8, 4) is 0 Å². The van der Waals surface area contributed by atoms with E-state index in [4.69, 9.17) is 11.6 Å². The maximum Gasteiger partial charge on any atom is 0.323 e. The van der Waals surface area contributed by atoms with Crippen LogP contribution in [0, 0.1) is 0 Å². The Labute approximate surface area is 133 Å². The summed E-state index contributed by atoms with van der Waals surface area (Å²) in [5, 5.41) is 3.49. The molecule has 1 aromatic heterocycles. The topological polar surface area (TPSA) is 58.1 Å². The standard InChI is InChI=1S/C16H15ClN4O/c17-14-3-1-2-13(10-14)12-5-8-21(9-6-12)16(22)20-15-4-7-18-11-19-15/h1-5,7,10-11H,6,8-9H2,(H,18,19,20,22). The van der Waals surface area contributed by atoms with Crippen LogP contribution >= 0.6 is 11.6 Å². The van der Waals surface area contributed by atoms with Gasteiger partial charge in [-0.15, -0.1) is 0 Å². The first-order chi connectivity index (χ1) is 10.7. The van der Waals surface area contributed by atoms with Crippen molar-refractivity contribution >= 4 is 29.0 Å². The summed E-state index contributed by atoms with van der Waals surface area (Å²) in [6.45, 7) is 1.23. The third-order valence-electron chi connectivity index (χ3n) is 3.51. The van der Waals surface area contributed by atoms with Crippen LogP contribution in [0.25, 0.3) is 5.57 Å². The van der Waals surface area contributed by atoms with Crippen molar-refractivity contribution in [3.63, 3.8) is 0 Å². The monoisotopic (exact) mass is 314 g/mol. The van der Waals surface area contributed by atoms with E-state index in [0.29, 0.717) is 18.9 Å². The molecular weight excluding hydrogens is 300 g/mol. The average Bonchev–Trinajstić information content (AvgIpc) is 2.56. The second kappa shape index (κ2) is 6.58. The van der Waals surface area contributed by atoms with Gasteiger partial charge in [0.05, 0.1) is 0 Å². The average molecular weight is 315 g/mol. The highest BCUT2D eigenvalue weighted by atomic mass is 35.5. The fraction of sp³-hybridized carbons (Fsp3) is 0.188. The van der Waals surface area contributed by atoms with Gasteiger partial charge in [-0.1, -0.05) is 29.8 Å². The van der Waals surface area contributed by atoms with Gasteiger partial charge in [0.15, 0.2) is 0 Å². The van der Waals surface area contributed by atoms with E-state index in [9.17, 15) is 4.79 Å². The van der Waals surface area contributed by atoms with Gasteiger partial charge in [0.25, 0.3) is 0 Å². The van der Waals surface area contributed by atoms with Crippen LogP contribution in [0.2, 0.25) is 5.02 Å². The number of carbonyl (C=O) groups excluding carboxylic acids is 1. The summed E-state index contributed by atoms with van der Waals surface area (Å²) >= 11 is 6.02. The minimum Gasteiger partial charge on any atom is -0.320 e. The number of halogens is 1. The summed E-state index contributed by atoms with van der Waals surface area (Å²) in [4.78, 5) is 21.7. The second-order valence-electron chi connectivity index (χ2n) is 4.96. The van der Waals surface area contributed by atoms with E-state index in [1.807, 2.05) is 24.3 Å². The Bertz CT molecular complexity index is 702. The van der Waals surface area contributed by atoms with E-state index in [1.165, 1.54) is 11.9 Å². The summed E-state index contributed by atoms with van der Waals surface area (Å²) in [5.41, 5.74) is 2.33. The number of hydrogen-bond acceptors (Lipinski definition) is 3. The molecule has 1 aromatic carbocycles. The predicted molar refractivity (Wildman–Crippen MR) is 86.7 cm³/mol. The van der Waals surface area contributed by atoms with Gasteiger partial charge >= 0.3 is 6.03 Å². The molecule has 0 aliphatic carbocycles. The molecule has 6 heteroatoms. The van der Waals surface area contributed by atoms with E-state index >= 15 is 0 Å². The highest BCUT2D eigenvalue weighted by Crippen LogP contribution is 2.24. The molecule has 0 bridgehead atoms. The fourth-order valence-electron chi connectivity index (χ4n) is 2.36. The molecule has 1 N–H and O–H groups in total. The van der Waals surface area contributed by atoms with Crippen LogP contribution in [0.4, 0.5) is 10.6 Å². The molecule has 0 spiro atoms. The number of hydrogen-bond donors (Lipinski definition) is 1. The first kappa shape index (κ1) is 14.5. The zero-order chi connectivity index (χ0) is 15.4. The molecule has 0 atom stereocenters. The van der Waals surface area contributed by atoms with Crippen molar-refractivity contribution in [2.24, 2.45) is 0 Å². The predicted octanol–water partition coefficient (Wildman–Crippen LogP) is 3.45. The molecule has 1 aliphatic rings. The van der Waals surface area contributed by atoms with E-state index in [-0.39, 0.29) is 6.03 Å². The Kier molecular flexibility index (Phi) is 4.34. The van der Waals surface area contributed by atoms with Gasteiger partial charge in [-0.3, -0.25) is 5.32 Å². The van der Waals surface area contributed by atoms with Gasteiger partial charge in [0.2, 0.25) is 0 Å². The molecular formula is C16H15ClN4O. The lowest BCUT2D eigenvalue weighted by Gasteiger charge is -2.26. The fourth-order valence-corrected chi connectivity index (χ4v) is 2.55. The summed E-state index contributed by atoms with van der Waals surface area (Å²) in [6.07, 6.45) is 5.87. The quantitative estimate of drug-likeness (QED) is 0.923. The Balaban J connectivity index is 1.64. The van der Waals surface area contributed by atoms with Gasteiger partial charge in [-0.05, 0) is 35.8 Å². The van der Waals surface area contributed by atoms with E-state index < -0.39 is 0 Å². The molecule has 1 aliphatic heterocycles. The lowest BCUT2D eigenvalue weighted by molar-refractivity contribution is 0.217. The van der Waals surface area contributed by atoms with Crippen molar-refractivity contribution in [1.29, 1.82) is 0 Å². The molecule has 0 unspecified atom stereocenters. The van der Waals surface area contributed by atoms with Gasteiger partial charge in [0.1, 0.15) is 12.1 Å². The van der Waals surface area contributed by atoms with Crippen LogP contribution in [0.15, 0.2) is 48.9 Å². The summed E-state index contributed by atoms with van der Waals surface area (Å²) in [7, 11) is 0. The molecule has 22 heavy (non-hydrogen) atoms. The lowest BCUT2D eigenvalue weighted by Crippen LogP contribution is -2.38. The Morgan fingerprint density at radius 2 is 2.23 bits per heavy atom. The molecule has 2 amide bonds. The second-order valence-corrected chi connectivity index (χ2v) is 5.40. The van der Waals surface area contributed by atoms with Crippen LogP contribution in [0.3, 0.4) is 0 Å². The van der Waals surface area contributed by atoms with Crippen LogP contribution in [0.5, 0.6) is 0 Å². The van der Waals surface area contributed by atoms with E-state index in [1.54, 1.807) is 17.2 Å². The Morgan fingerprint density at radius 1 is 1.32 bits per heavy atom. The molecule has 0 radical (unpaired) electrons. The smallest absolute Gasteiger partial charge is 0.320 e. The highest BCUT2D eigenvalue weighted by molar-refractivity contribution is 6.30. The number of rotatable bonds is 2. The first-order valence-electron chi connectivity index (χ1n) is 6.99. The zero-order valence-corrected chi connectivity index (χ0v) is 12.6.